The van der Waals surface area contributed by atoms with E-state index < -0.39 is 0 Å². The highest BCUT2D eigenvalue weighted by Gasteiger charge is 2.22. The average Bonchev–Trinajstić information content (AvgIpc) is 2.87. The Morgan fingerprint density at radius 3 is 2.94 bits per heavy atom. The summed E-state index contributed by atoms with van der Waals surface area (Å²) in [5, 5.41) is 0. The number of fused-ring (bicyclic) bond motifs is 1. The lowest BCUT2D eigenvalue weighted by molar-refractivity contribution is -0.0967. The van der Waals surface area contributed by atoms with Gasteiger partial charge in [0.15, 0.2) is 0 Å². The third-order valence-electron chi connectivity index (χ3n) is 3.95. The second kappa shape index (κ2) is 5.39. The van der Waals surface area contributed by atoms with E-state index in [0.717, 1.165) is 6.42 Å². The van der Waals surface area contributed by atoms with Crippen molar-refractivity contribution in [2.45, 2.75) is 37.8 Å². The topological polar surface area (TPSA) is 44.5 Å². The minimum Gasteiger partial charge on any atom is -0.376 e. The molecule has 0 saturated carbocycles. The van der Waals surface area contributed by atoms with Gasteiger partial charge in [-0.05, 0) is 42.4 Å². The maximum absolute atomic E-state index is 6.22. The van der Waals surface area contributed by atoms with Crippen molar-refractivity contribution < 1.29 is 9.47 Å². The van der Waals surface area contributed by atoms with Crippen LogP contribution >= 0.6 is 0 Å². The Kier molecular flexibility index (Phi) is 3.64. The van der Waals surface area contributed by atoms with E-state index in [1.807, 2.05) is 0 Å². The molecule has 1 saturated heterocycles. The lowest BCUT2D eigenvalue weighted by Gasteiger charge is -2.28. The summed E-state index contributed by atoms with van der Waals surface area (Å²) in [7, 11) is 0. The third kappa shape index (κ3) is 2.58. The Balaban J connectivity index is 1.64. The molecular formula is C15H21NO2. The number of nitrogens with two attached hydrogens (primary N) is 1. The van der Waals surface area contributed by atoms with E-state index in [4.69, 9.17) is 15.2 Å². The molecule has 0 spiro atoms. The van der Waals surface area contributed by atoms with Gasteiger partial charge in [0.1, 0.15) is 0 Å². The van der Waals surface area contributed by atoms with E-state index in [1.165, 1.54) is 36.0 Å². The van der Waals surface area contributed by atoms with E-state index >= 15 is 0 Å². The largest absolute Gasteiger partial charge is 0.376 e. The van der Waals surface area contributed by atoms with Crippen molar-refractivity contribution in [3.8, 4) is 0 Å². The molecule has 1 aromatic carbocycles. The Morgan fingerprint density at radius 1 is 1.22 bits per heavy atom. The van der Waals surface area contributed by atoms with Crippen LogP contribution in [0.2, 0.25) is 0 Å². The zero-order chi connectivity index (χ0) is 12.4. The molecule has 1 aliphatic carbocycles. The highest BCUT2D eigenvalue weighted by atomic mass is 16.6. The van der Waals surface area contributed by atoms with Gasteiger partial charge in [0.2, 0.25) is 0 Å². The van der Waals surface area contributed by atoms with E-state index in [9.17, 15) is 0 Å². The third-order valence-corrected chi connectivity index (χ3v) is 3.95. The molecule has 0 bridgehead atoms. The molecule has 98 valence electrons. The van der Waals surface area contributed by atoms with Crippen LogP contribution in [0.3, 0.4) is 0 Å². The monoisotopic (exact) mass is 247 g/mol. The maximum atomic E-state index is 6.22. The summed E-state index contributed by atoms with van der Waals surface area (Å²) < 4.78 is 11.1. The Bertz CT molecular complexity index is 413. The molecule has 3 rings (SSSR count). The van der Waals surface area contributed by atoms with Crippen LogP contribution in [0.25, 0.3) is 0 Å². The summed E-state index contributed by atoms with van der Waals surface area (Å²) in [5.74, 6) is 0. The molecule has 1 fully saturated rings. The second-order valence-electron chi connectivity index (χ2n) is 5.31. The number of ether oxygens (including phenoxy) is 2. The number of aryl methyl sites for hydroxylation is 2. The van der Waals surface area contributed by atoms with Gasteiger partial charge in [0, 0.05) is 6.04 Å². The van der Waals surface area contributed by atoms with Crippen LogP contribution in [0, 0.1) is 0 Å². The van der Waals surface area contributed by atoms with Gasteiger partial charge in [-0.1, -0.05) is 18.2 Å². The Morgan fingerprint density at radius 2 is 2.11 bits per heavy atom. The van der Waals surface area contributed by atoms with E-state index in [0.29, 0.717) is 19.8 Å². The van der Waals surface area contributed by atoms with Gasteiger partial charge in [-0.25, -0.2) is 0 Å². The molecule has 2 atom stereocenters. The minimum atomic E-state index is 0.0322. The van der Waals surface area contributed by atoms with Crippen LogP contribution < -0.4 is 5.73 Å². The van der Waals surface area contributed by atoms with Crippen molar-refractivity contribution in [1.82, 2.24) is 0 Å². The molecule has 0 aromatic heterocycles. The van der Waals surface area contributed by atoms with Crippen molar-refractivity contribution in [3.63, 3.8) is 0 Å². The standard InChI is InChI=1S/C15H21NO2/c16-14(15-10-17-6-7-18-15)9-11-4-5-12-2-1-3-13(12)8-11/h4-5,8,14-15H,1-3,6-7,9-10,16H2. The van der Waals surface area contributed by atoms with Crippen molar-refractivity contribution in [2.75, 3.05) is 19.8 Å². The molecule has 0 amide bonds. The van der Waals surface area contributed by atoms with Crippen molar-refractivity contribution >= 4 is 0 Å². The molecule has 1 aromatic rings. The number of benzene rings is 1. The molecule has 3 nitrogen and oxygen atoms in total. The molecule has 2 aliphatic rings. The van der Waals surface area contributed by atoms with Gasteiger partial charge in [-0.2, -0.15) is 0 Å². The first kappa shape index (κ1) is 12.2. The molecule has 1 aliphatic heterocycles. The summed E-state index contributed by atoms with van der Waals surface area (Å²) in [6.45, 7) is 2.00. The number of rotatable bonds is 3. The number of hydrogen-bond acceptors (Lipinski definition) is 3. The minimum absolute atomic E-state index is 0.0322. The first-order valence-electron chi connectivity index (χ1n) is 6.88. The van der Waals surface area contributed by atoms with Gasteiger partial charge in [0.05, 0.1) is 25.9 Å². The summed E-state index contributed by atoms with van der Waals surface area (Å²) in [4.78, 5) is 0. The quantitative estimate of drug-likeness (QED) is 0.879. The highest BCUT2D eigenvalue weighted by molar-refractivity contribution is 5.35. The van der Waals surface area contributed by atoms with Crippen LogP contribution in [0.1, 0.15) is 23.1 Å². The SMILES string of the molecule is NC(Cc1ccc2c(c1)CCC2)C1COCCO1. The normalized spacial score (nSPS) is 24.8. The summed E-state index contributed by atoms with van der Waals surface area (Å²) >= 11 is 0. The summed E-state index contributed by atoms with van der Waals surface area (Å²) in [5.41, 5.74) is 10.6. The molecular weight excluding hydrogens is 226 g/mol. The molecule has 0 radical (unpaired) electrons. The fourth-order valence-corrected chi connectivity index (χ4v) is 2.91. The summed E-state index contributed by atoms with van der Waals surface area (Å²) in [6.07, 6.45) is 4.68. The lowest BCUT2D eigenvalue weighted by atomic mass is 9.98. The van der Waals surface area contributed by atoms with Crippen molar-refractivity contribution in [2.24, 2.45) is 5.73 Å². The summed E-state index contributed by atoms with van der Waals surface area (Å²) in [6, 6.07) is 6.84. The average molecular weight is 247 g/mol. The zero-order valence-corrected chi connectivity index (χ0v) is 10.7. The van der Waals surface area contributed by atoms with Crippen molar-refractivity contribution in [1.29, 1.82) is 0 Å². The van der Waals surface area contributed by atoms with Crippen LogP contribution in [-0.4, -0.2) is 32.0 Å². The fraction of sp³-hybridized carbons (Fsp3) is 0.600. The van der Waals surface area contributed by atoms with Crippen LogP contribution in [0.5, 0.6) is 0 Å². The fourth-order valence-electron chi connectivity index (χ4n) is 2.91. The molecule has 1 heterocycles. The lowest BCUT2D eigenvalue weighted by Crippen LogP contribution is -2.44. The number of hydrogen-bond donors (Lipinski definition) is 1. The smallest absolute Gasteiger partial charge is 0.0963 e. The van der Waals surface area contributed by atoms with Crippen LogP contribution in [-0.2, 0) is 28.7 Å². The van der Waals surface area contributed by atoms with Gasteiger partial charge >= 0.3 is 0 Å². The molecule has 2 N–H and O–H groups in total. The van der Waals surface area contributed by atoms with E-state index in [-0.39, 0.29) is 12.1 Å². The van der Waals surface area contributed by atoms with Gasteiger partial charge < -0.3 is 15.2 Å². The Labute approximate surface area is 108 Å². The molecule has 3 heteroatoms. The van der Waals surface area contributed by atoms with Crippen molar-refractivity contribution in [3.05, 3.63) is 34.9 Å². The van der Waals surface area contributed by atoms with Crippen LogP contribution in [0.15, 0.2) is 18.2 Å². The first-order chi connectivity index (χ1) is 8.83. The highest BCUT2D eigenvalue weighted by Crippen LogP contribution is 2.23. The first-order valence-corrected chi connectivity index (χ1v) is 6.88. The van der Waals surface area contributed by atoms with Crippen LogP contribution in [0.4, 0.5) is 0 Å². The predicted molar refractivity (Wildman–Crippen MR) is 70.7 cm³/mol. The second-order valence-corrected chi connectivity index (χ2v) is 5.31. The molecule has 2 unspecified atom stereocenters. The zero-order valence-electron chi connectivity index (χ0n) is 10.7. The van der Waals surface area contributed by atoms with Gasteiger partial charge in [-0.3, -0.25) is 0 Å². The van der Waals surface area contributed by atoms with Gasteiger partial charge in [0.25, 0.3) is 0 Å². The van der Waals surface area contributed by atoms with Gasteiger partial charge in [-0.15, -0.1) is 0 Å². The van der Waals surface area contributed by atoms with E-state index in [1.54, 1.807) is 0 Å². The van der Waals surface area contributed by atoms with E-state index in [2.05, 4.69) is 18.2 Å². The Hall–Kier alpha value is -0.900. The predicted octanol–water partition coefficient (Wildman–Crippen LogP) is 1.46. The maximum Gasteiger partial charge on any atom is 0.0963 e. The molecule has 18 heavy (non-hydrogen) atoms.